The van der Waals surface area contributed by atoms with Crippen LogP contribution in [0.25, 0.3) is 0 Å². The van der Waals surface area contributed by atoms with Gasteiger partial charge in [0, 0.05) is 30.6 Å². The lowest BCUT2D eigenvalue weighted by atomic mass is 9.86. The molecule has 0 fully saturated rings. The van der Waals surface area contributed by atoms with Crippen molar-refractivity contribution in [3.63, 3.8) is 0 Å². The zero-order chi connectivity index (χ0) is 23.0. The fraction of sp³-hybridized carbons (Fsp3) is 0.400. The first kappa shape index (κ1) is 24.2. The summed E-state index contributed by atoms with van der Waals surface area (Å²) in [7, 11) is 0. The smallest absolute Gasteiger partial charge is 0.326 e. The Morgan fingerprint density at radius 1 is 1.20 bits per heavy atom. The predicted octanol–water partition coefficient (Wildman–Crippen LogP) is -1.89. The van der Waals surface area contributed by atoms with E-state index in [0.717, 1.165) is 12.1 Å². The number of amides is 1. The fourth-order valence-electron chi connectivity index (χ4n) is 2.65. The molecule has 1 aromatic carbocycles. The summed E-state index contributed by atoms with van der Waals surface area (Å²) in [4.78, 5) is 48.4. The molecule has 1 aromatic rings. The number of non-ortho nitro benzene ring substituents is 1. The molecule has 0 bridgehead atoms. The van der Waals surface area contributed by atoms with Crippen LogP contribution in [0.15, 0.2) is 23.2 Å². The van der Waals surface area contributed by atoms with Gasteiger partial charge in [0.15, 0.2) is 5.96 Å². The molecule has 0 saturated heterocycles. The summed E-state index contributed by atoms with van der Waals surface area (Å²) >= 11 is 0. The first-order chi connectivity index (χ1) is 14.0. The van der Waals surface area contributed by atoms with Crippen molar-refractivity contribution in [3.05, 3.63) is 44.0 Å². The summed E-state index contributed by atoms with van der Waals surface area (Å²) in [5, 5.41) is 34.3. The van der Waals surface area contributed by atoms with Gasteiger partial charge in [0.25, 0.3) is 11.4 Å². The van der Waals surface area contributed by atoms with E-state index in [1.54, 1.807) is 0 Å². The number of hydrogen-bond donors (Lipinski definition) is 6. The molecule has 10 N–H and O–H groups in total. The Morgan fingerprint density at radius 2 is 1.83 bits per heavy atom. The normalized spacial score (nSPS) is 13.5. The van der Waals surface area contributed by atoms with E-state index in [0.29, 0.717) is 6.07 Å². The minimum Gasteiger partial charge on any atom is -0.480 e. The summed E-state index contributed by atoms with van der Waals surface area (Å²) in [6, 6.07) is -0.139. The first-order valence-electron chi connectivity index (χ1n) is 8.46. The van der Waals surface area contributed by atoms with Crippen LogP contribution in [0.2, 0.25) is 0 Å². The lowest BCUT2D eigenvalue weighted by molar-refractivity contribution is -0.394. The number of aliphatic imine (C=N–C) groups is 1. The van der Waals surface area contributed by atoms with Crippen molar-refractivity contribution in [2.45, 2.75) is 24.4 Å². The molecule has 0 radical (unpaired) electrons. The molecule has 15 heteroatoms. The van der Waals surface area contributed by atoms with Gasteiger partial charge in [-0.1, -0.05) is 0 Å². The molecule has 0 aromatic heterocycles. The number of nitrogens with zero attached hydrogens (tertiary/aromatic N) is 3. The number of aliphatic carboxylic acids is 1. The number of nitro benzene ring substituents is 2. The summed E-state index contributed by atoms with van der Waals surface area (Å²) in [5.41, 5.74) is 19.9. The van der Waals surface area contributed by atoms with Gasteiger partial charge < -0.3 is 33.4 Å². The predicted molar refractivity (Wildman–Crippen MR) is 104 cm³/mol. The molecule has 2 unspecified atom stereocenters. The number of guanidine groups is 1. The minimum absolute atomic E-state index is 0.135. The zero-order valence-electron chi connectivity index (χ0n) is 15.6. The van der Waals surface area contributed by atoms with Gasteiger partial charge in [-0.15, -0.1) is 0 Å². The Kier molecular flexibility index (Phi) is 8.57. The number of rotatable bonds is 11. The van der Waals surface area contributed by atoms with Crippen LogP contribution >= 0.6 is 0 Å². The van der Waals surface area contributed by atoms with E-state index >= 15 is 0 Å². The highest BCUT2D eigenvalue weighted by atomic mass is 16.6. The van der Waals surface area contributed by atoms with Crippen LogP contribution in [0.1, 0.15) is 17.9 Å². The highest BCUT2D eigenvalue weighted by molar-refractivity contribution is 5.87. The fourth-order valence-corrected chi connectivity index (χ4v) is 2.65. The van der Waals surface area contributed by atoms with Crippen LogP contribution in [0.5, 0.6) is 0 Å². The minimum atomic E-state index is -1.68. The molecule has 0 aliphatic heterocycles. The van der Waals surface area contributed by atoms with Crippen LogP contribution in [0, 0.1) is 20.2 Å². The number of carbonyl (C=O) groups excluding carboxylic acids is 1. The second kappa shape index (κ2) is 10.6. The molecule has 0 spiro atoms. The van der Waals surface area contributed by atoms with Gasteiger partial charge in [0.1, 0.15) is 6.04 Å². The van der Waals surface area contributed by atoms with Gasteiger partial charge >= 0.3 is 5.97 Å². The summed E-state index contributed by atoms with van der Waals surface area (Å²) < 4.78 is 0. The molecule has 15 nitrogen and oxygen atoms in total. The standard InChI is InChI=1S/C15H22N8O7/c16-6-10(17)13(24)21-12(14(25)26)9(3-4-20-15(18)19)8-2-1-7(22(27)28)5-11(8)23(29)30/h1-2,5,9-10,12H,3-4,6,16-17H2,(H,21,24)(H,25,26)(H4,18,19,20)/t9?,10?,12-/m0/s1. The number of hydrogen-bond acceptors (Lipinski definition) is 9. The summed E-state index contributed by atoms with van der Waals surface area (Å²) in [6.07, 6.45) is -0.147. The van der Waals surface area contributed by atoms with Crippen LogP contribution in [-0.2, 0) is 9.59 Å². The van der Waals surface area contributed by atoms with Crippen molar-refractivity contribution in [2.75, 3.05) is 13.1 Å². The molecule has 0 aliphatic rings. The maximum Gasteiger partial charge on any atom is 0.326 e. The molecule has 164 valence electrons. The van der Waals surface area contributed by atoms with Gasteiger partial charge in [0.2, 0.25) is 5.91 Å². The van der Waals surface area contributed by atoms with Crippen LogP contribution in [-0.4, -0.2) is 58.0 Å². The van der Waals surface area contributed by atoms with Gasteiger partial charge in [0.05, 0.1) is 22.0 Å². The van der Waals surface area contributed by atoms with E-state index in [2.05, 4.69) is 10.3 Å². The van der Waals surface area contributed by atoms with Crippen LogP contribution in [0.3, 0.4) is 0 Å². The van der Waals surface area contributed by atoms with Crippen LogP contribution < -0.4 is 28.3 Å². The highest BCUT2D eigenvalue weighted by Gasteiger charge is 2.36. The average Bonchev–Trinajstić information content (AvgIpc) is 2.68. The van der Waals surface area contributed by atoms with Crippen molar-refractivity contribution >= 4 is 29.2 Å². The molecular formula is C15H22N8O7. The Morgan fingerprint density at radius 3 is 2.30 bits per heavy atom. The van der Waals surface area contributed by atoms with Gasteiger partial charge in [-0.2, -0.15) is 0 Å². The van der Waals surface area contributed by atoms with Crippen molar-refractivity contribution in [1.29, 1.82) is 0 Å². The van der Waals surface area contributed by atoms with Gasteiger partial charge in [-0.05, 0) is 12.5 Å². The van der Waals surface area contributed by atoms with E-state index in [-0.39, 0.29) is 31.0 Å². The third kappa shape index (κ3) is 6.35. The lowest BCUT2D eigenvalue weighted by Gasteiger charge is -2.25. The second-order valence-electron chi connectivity index (χ2n) is 6.13. The van der Waals surface area contributed by atoms with Crippen molar-refractivity contribution in [1.82, 2.24) is 5.32 Å². The maximum atomic E-state index is 12.1. The summed E-state index contributed by atoms with van der Waals surface area (Å²) in [5.74, 6) is -3.93. The third-order valence-electron chi connectivity index (χ3n) is 4.11. The molecule has 1 amide bonds. The molecule has 0 heterocycles. The molecule has 1 rings (SSSR count). The highest BCUT2D eigenvalue weighted by Crippen LogP contribution is 2.34. The number of benzene rings is 1. The number of nitro groups is 2. The van der Waals surface area contributed by atoms with E-state index in [1.807, 2.05) is 0 Å². The maximum absolute atomic E-state index is 12.1. The van der Waals surface area contributed by atoms with Gasteiger partial charge in [-0.3, -0.25) is 30.0 Å². The van der Waals surface area contributed by atoms with Crippen LogP contribution in [0.4, 0.5) is 11.4 Å². The molecule has 0 aliphatic carbocycles. The number of carboxylic acids is 1. The topological polar surface area (TPSA) is 269 Å². The molecular weight excluding hydrogens is 404 g/mol. The number of nitrogens with one attached hydrogen (secondary N) is 1. The molecule has 0 saturated carbocycles. The van der Waals surface area contributed by atoms with E-state index < -0.39 is 51.1 Å². The Hall–Kier alpha value is -3.85. The summed E-state index contributed by atoms with van der Waals surface area (Å²) in [6.45, 7) is -0.405. The van der Waals surface area contributed by atoms with Crippen molar-refractivity contribution in [3.8, 4) is 0 Å². The average molecular weight is 426 g/mol. The number of carboxylic acid groups (broad SMARTS) is 1. The van der Waals surface area contributed by atoms with Crippen molar-refractivity contribution < 1.29 is 24.5 Å². The van der Waals surface area contributed by atoms with E-state index in [4.69, 9.17) is 22.9 Å². The monoisotopic (exact) mass is 426 g/mol. The Labute approximate surface area is 169 Å². The second-order valence-corrected chi connectivity index (χ2v) is 6.13. The quantitative estimate of drug-likeness (QED) is 0.0984. The van der Waals surface area contributed by atoms with E-state index in [9.17, 15) is 34.9 Å². The lowest BCUT2D eigenvalue weighted by Crippen LogP contribution is -2.53. The molecule has 3 atom stereocenters. The zero-order valence-corrected chi connectivity index (χ0v) is 15.6. The number of carbonyl (C=O) groups is 2. The SMILES string of the molecule is NCC(N)C(=O)N[C@H](C(=O)O)C(CCN=C(N)N)c1ccc([N+](=O)[O-])cc1[N+](=O)[O-]. The molecule has 30 heavy (non-hydrogen) atoms. The Bertz CT molecular complexity index is 855. The largest absolute Gasteiger partial charge is 0.480 e. The first-order valence-corrected chi connectivity index (χ1v) is 8.46. The van der Waals surface area contributed by atoms with E-state index in [1.165, 1.54) is 0 Å². The van der Waals surface area contributed by atoms with Crippen molar-refractivity contribution in [2.24, 2.45) is 27.9 Å². The van der Waals surface area contributed by atoms with Gasteiger partial charge in [-0.25, -0.2) is 4.79 Å². The number of nitrogens with two attached hydrogens (primary N) is 4. The Balaban J connectivity index is 3.51. The third-order valence-corrected chi connectivity index (χ3v) is 4.11.